The van der Waals surface area contributed by atoms with Gasteiger partial charge in [-0.15, -0.1) is 23.7 Å². The Kier molecular flexibility index (Phi) is 6.31. The van der Waals surface area contributed by atoms with Crippen LogP contribution in [0.15, 0.2) is 46.7 Å². The number of fused-ring (bicyclic) bond motifs is 2. The number of sulfonamides is 1. The summed E-state index contributed by atoms with van der Waals surface area (Å²) in [5, 5.41) is 4.71. The highest BCUT2D eigenvalue weighted by Crippen LogP contribution is 2.32. The Bertz CT molecular complexity index is 1260. The average molecular weight is 498 g/mol. The normalized spacial score (nSPS) is 18.8. The van der Waals surface area contributed by atoms with Gasteiger partial charge in [0, 0.05) is 28.5 Å². The van der Waals surface area contributed by atoms with Crippen molar-refractivity contribution in [3.8, 4) is 0 Å². The second-order valence-corrected chi connectivity index (χ2v) is 11.0. The molecule has 2 N–H and O–H groups in total. The zero-order chi connectivity index (χ0) is 20.9. The summed E-state index contributed by atoms with van der Waals surface area (Å²) in [7, 11) is -3.80. The van der Waals surface area contributed by atoms with Crippen molar-refractivity contribution >= 4 is 67.0 Å². The van der Waals surface area contributed by atoms with Crippen molar-refractivity contribution in [2.24, 2.45) is 0 Å². The van der Waals surface area contributed by atoms with Gasteiger partial charge in [0.05, 0.1) is 0 Å². The number of carbonyl (C=O) groups is 1. The van der Waals surface area contributed by atoms with Crippen molar-refractivity contribution in [3.05, 3.63) is 58.6 Å². The van der Waals surface area contributed by atoms with Crippen molar-refractivity contribution in [3.63, 3.8) is 0 Å². The topological polar surface area (TPSA) is 78.5 Å². The van der Waals surface area contributed by atoms with Crippen LogP contribution in [0.5, 0.6) is 0 Å². The van der Waals surface area contributed by atoms with E-state index in [9.17, 15) is 13.2 Å². The van der Waals surface area contributed by atoms with Crippen LogP contribution < -0.4 is 14.9 Å². The molecule has 10 heteroatoms. The van der Waals surface area contributed by atoms with E-state index in [1.54, 1.807) is 29.2 Å². The van der Waals surface area contributed by atoms with E-state index in [0.29, 0.717) is 18.0 Å². The number of nitrogens with one attached hydrogen (secondary N) is 2. The van der Waals surface area contributed by atoms with E-state index >= 15 is 0 Å². The fourth-order valence-electron chi connectivity index (χ4n) is 4.04. The van der Waals surface area contributed by atoms with Crippen molar-refractivity contribution in [2.45, 2.75) is 29.6 Å². The zero-order valence-corrected chi connectivity index (χ0v) is 19.6. The molecular weight excluding hydrogens is 477 g/mol. The van der Waals surface area contributed by atoms with E-state index in [-0.39, 0.29) is 22.5 Å². The Morgan fingerprint density at radius 1 is 1.13 bits per heavy atom. The van der Waals surface area contributed by atoms with E-state index < -0.39 is 16.1 Å². The second kappa shape index (κ2) is 8.69. The molecule has 1 amide bonds. The van der Waals surface area contributed by atoms with Gasteiger partial charge in [0.15, 0.2) is 0 Å². The molecule has 3 heterocycles. The van der Waals surface area contributed by atoms with Crippen LogP contribution in [0.25, 0.3) is 10.1 Å². The lowest BCUT2D eigenvalue weighted by Crippen LogP contribution is -2.41. The van der Waals surface area contributed by atoms with Crippen molar-refractivity contribution < 1.29 is 13.2 Å². The van der Waals surface area contributed by atoms with Gasteiger partial charge < -0.3 is 10.2 Å². The van der Waals surface area contributed by atoms with Crippen LogP contribution in [0, 0.1) is 0 Å². The number of rotatable bonds is 4. The summed E-state index contributed by atoms with van der Waals surface area (Å²) >= 11 is 7.16. The number of anilines is 1. The van der Waals surface area contributed by atoms with Crippen molar-refractivity contribution in [1.82, 2.24) is 10.0 Å². The Morgan fingerprint density at radius 3 is 2.81 bits per heavy atom. The summed E-state index contributed by atoms with van der Waals surface area (Å²) in [4.78, 5) is 14.7. The first-order valence-corrected chi connectivity index (χ1v) is 12.4. The summed E-state index contributed by atoms with van der Waals surface area (Å²) in [5.41, 5.74) is 3.32. The Morgan fingerprint density at radius 2 is 1.97 bits per heavy atom. The molecule has 2 aromatic carbocycles. The lowest BCUT2D eigenvalue weighted by molar-refractivity contribution is -0.118. The minimum atomic E-state index is -3.80. The fraction of sp³-hybridized carbons (Fsp3) is 0.286. The van der Waals surface area contributed by atoms with Gasteiger partial charge in [-0.3, -0.25) is 4.79 Å². The highest BCUT2D eigenvalue weighted by atomic mass is 35.5. The monoisotopic (exact) mass is 497 g/mol. The standard InChI is InChI=1S/C21H20ClN3O3S2.ClH/c22-16-3-1-14-10-20(29-19(14)11-16)30(27,28)24-18-6-8-25(21(18)26)17-4-2-15-12-23-7-5-13(15)9-17;/h1-4,9-11,18,23-24H,5-8,12H2;1H/t18-;/m0./s1. The zero-order valence-electron chi connectivity index (χ0n) is 16.4. The van der Waals surface area contributed by atoms with Crippen molar-refractivity contribution in [1.29, 1.82) is 0 Å². The molecule has 2 aliphatic heterocycles. The molecular formula is C21H21Cl2N3O3S2. The number of hydrogen-bond donors (Lipinski definition) is 2. The van der Waals surface area contributed by atoms with Crippen LogP contribution in [0.1, 0.15) is 17.5 Å². The highest BCUT2D eigenvalue weighted by Gasteiger charge is 2.36. The molecule has 6 nitrogen and oxygen atoms in total. The smallest absolute Gasteiger partial charge is 0.250 e. The van der Waals surface area contributed by atoms with Gasteiger partial charge in [-0.2, -0.15) is 4.72 Å². The molecule has 1 saturated heterocycles. The number of thiophene rings is 1. The number of hydrogen-bond acceptors (Lipinski definition) is 5. The molecule has 0 radical (unpaired) electrons. The summed E-state index contributed by atoms with van der Waals surface area (Å²) in [6, 6.07) is 12.2. The Labute approximate surface area is 196 Å². The SMILES string of the molecule is Cl.O=C1[C@@H](NS(=O)(=O)c2cc3ccc(Cl)cc3s2)CCN1c1ccc2c(c1)CCNC2. The Balaban J connectivity index is 0.00000231. The largest absolute Gasteiger partial charge is 0.312 e. The van der Waals surface area contributed by atoms with Gasteiger partial charge >= 0.3 is 0 Å². The molecule has 0 unspecified atom stereocenters. The maximum atomic E-state index is 13.0. The molecule has 5 rings (SSSR count). The van der Waals surface area contributed by atoms with Crippen molar-refractivity contribution in [2.75, 3.05) is 18.0 Å². The predicted molar refractivity (Wildman–Crippen MR) is 127 cm³/mol. The summed E-state index contributed by atoms with van der Waals surface area (Å²) < 4.78 is 29.4. The summed E-state index contributed by atoms with van der Waals surface area (Å²) in [6.07, 6.45) is 1.37. The van der Waals surface area contributed by atoms with Crippen LogP contribution in [0.3, 0.4) is 0 Å². The minimum absolute atomic E-state index is 0. The summed E-state index contributed by atoms with van der Waals surface area (Å²) in [6.45, 7) is 2.25. The number of carbonyl (C=O) groups excluding carboxylic acids is 1. The first kappa shape index (κ1) is 22.5. The van der Waals surface area contributed by atoms with E-state index in [1.807, 2.05) is 12.1 Å². The van der Waals surface area contributed by atoms with Gasteiger partial charge in [0.2, 0.25) is 5.91 Å². The minimum Gasteiger partial charge on any atom is -0.312 e. The third kappa shape index (κ3) is 4.33. The fourth-order valence-corrected chi connectivity index (χ4v) is 6.95. The number of amides is 1. The molecule has 0 bridgehead atoms. The van der Waals surface area contributed by atoms with E-state index in [1.165, 1.54) is 11.1 Å². The molecule has 0 aliphatic carbocycles. The lowest BCUT2D eigenvalue weighted by Gasteiger charge is -2.22. The molecule has 2 aliphatic rings. The Hall–Kier alpha value is -1.68. The average Bonchev–Trinajstić information content (AvgIpc) is 3.31. The maximum Gasteiger partial charge on any atom is 0.250 e. The molecule has 1 aromatic heterocycles. The van der Waals surface area contributed by atoms with E-state index in [0.717, 1.165) is 46.6 Å². The molecule has 0 spiro atoms. The molecule has 31 heavy (non-hydrogen) atoms. The first-order valence-electron chi connectivity index (χ1n) is 9.76. The summed E-state index contributed by atoms with van der Waals surface area (Å²) in [5.74, 6) is -0.211. The number of halogens is 2. The van der Waals surface area contributed by atoms with Crippen LogP contribution in [-0.2, 0) is 27.8 Å². The van der Waals surface area contributed by atoms with Crippen LogP contribution in [0.2, 0.25) is 5.02 Å². The predicted octanol–water partition coefficient (Wildman–Crippen LogP) is 3.71. The van der Waals surface area contributed by atoms with E-state index in [4.69, 9.17) is 11.6 Å². The molecule has 1 fully saturated rings. The molecule has 0 saturated carbocycles. The quantitative estimate of drug-likeness (QED) is 0.575. The van der Waals surface area contributed by atoms with Gasteiger partial charge in [0.1, 0.15) is 10.3 Å². The van der Waals surface area contributed by atoms with Crippen LogP contribution in [-0.4, -0.2) is 33.5 Å². The van der Waals surface area contributed by atoms with Gasteiger partial charge in [0.25, 0.3) is 10.0 Å². The second-order valence-electron chi connectivity index (χ2n) is 7.58. The molecule has 1 atom stereocenters. The van der Waals surface area contributed by atoms with Gasteiger partial charge in [-0.25, -0.2) is 8.42 Å². The van der Waals surface area contributed by atoms with Crippen LogP contribution in [0.4, 0.5) is 5.69 Å². The first-order chi connectivity index (χ1) is 14.4. The van der Waals surface area contributed by atoms with Gasteiger partial charge in [-0.1, -0.05) is 23.7 Å². The molecule has 164 valence electrons. The highest BCUT2D eigenvalue weighted by molar-refractivity contribution is 7.91. The van der Waals surface area contributed by atoms with Crippen LogP contribution >= 0.6 is 35.3 Å². The van der Waals surface area contributed by atoms with Gasteiger partial charge in [-0.05, 0) is 66.2 Å². The molecule has 3 aromatic rings. The van der Waals surface area contributed by atoms with E-state index in [2.05, 4.69) is 16.1 Å². The number of benzene rings is 2. The third-order valence-corrected chi connectivity index (χ3v) is 8.89. The number of nitrogens with zero attached hydrogens (tertiary/aromatic N) is 1. The maximum absolute atomic E-state index is 13.0. The third-order valence-electron chi connectivity index (χ3n) is 5.62. The lowest BCUT2D eigenvalue weighted by atomic mass is 10.0.